The lowest BCUT2D eigenvalue weighted by Crippen LogP contribution is -2.19. The standard InChI is InChI=1S/C7H9BrN2O/c1-4-5(6(8)11-10-4)7(9)2-3-7/h2-3,9H2,1H3. The second kappa shape index (κ2) is 2.08. The fraction of sp³-hybridized carbons (Fsp3) is 0.571. The van der Waals surface area contributed by atoms with Crippen LogP contribution in [-0.2, 0) is 5.54 Å². The van der Waals surface area contributed by atoms with Gasteiger partial charge in [0.05, 0.1) is 5.69 Å². The van der Waals surface area contributed by atoms with E-state index in [9.17, 15) is 0 Å². The van der Waals surface area contributed by atoms with Crippen LogP contribution in [0.5, 0.6) is 0 Å². The first-order chi connectivity index (χ1) is 5.13. The van der Waals surface area contributed by atoms with Crippen LogP contribution in [0.2, 0.25) is 0 Å². The fourth-order valence-electron chi connectivity index (χ4n) is 1.28. The van der Waals surface area contributed by atoms with Gasteiger partial charge in [-0.3, -0.25) is 0 Å². The van der Waals surface area contributed by atoms with Gasteiger partial charge < -0.3 is 10.3 Å². The first-order valence-electron chi connectivity index (χ1n) is 3.55. The van der Waals surface area contributed by atoms with Crippen molar-refractivity contribution in [3.8, 4) is 0 Å². The highest BCUT2D eigenvalue weighted by Gasteiger charge is 2.44. The quantitative estimate of drug-likeness (QED) is 0.778. The largest absolute Gasteiger partial charge is 0.349 e. The Kier molecular flexibility index (Phi) is 1.38. The van der Waals surface area contributed by atoms with Crippen molar-refractivity contribution in [2.24, 2.45) is 5.73 Å². The smallest absolute Gasteiger partial charge is 0.207 e. The molecule has 1 fully saturated rings. The molecule has 0 spiro atoms. The molecule has 11 heavy (non-hydrogen) atoms. The first kappa shape index (κ1) is 7.31. The summed E-state index contributed by atoms with van der Waals surface area (Å²) in [6, 6.07) is 0. The summed E-state index contributed by atoms with van der Waals surface area (Å²) in [5, 5.41) is 3.82. The van der Waals surface area contributed by atoms with E-state index in [-0.39, 0.29) is 5.54 Å². The van der Waals surface area contributed by atoms with E-state index in [4.69, 9.17) is 10.3 Å². The molecular formula is C7H9BrN2O. The van der Waals surface area contributed by atoms with E-state index in [1.807, 2.05) is 6.92 Å². The van der Waals surface area contributed by atoms with Crippen molar-refractivity contribution in [2.75, 3.05) is 0 Å². The molecule has 3 nitrogen and oxygen atoms in total. The van der Waals surface area contributed by atoms with Crippen molar-refractivity contribution in [2.45, 2.75) is 25.3 Å². The van der Waals surface area contributed by atoms with E-state index in [1.165, 1.54) is 0 Å². The van der Waals surface area contributed by atoms with Crippen molar-refractivity contribution >= 4 is 15.9 Å². The van der Waals surface area contributed by atoms with E-state index in [0.717, 1.165) is 24.1 Å². The molecule has 0 radical (unpaired) electrons. The van der Waals surface area contributed by atoms with Crippen molar-refractivity contribution in [1.29, 1.82) is 0 Å². The number of aryl methyl sites for hydroxylation is 1. The Morgan fingerprint density at radius 2 is 2.27 bits per heavy atom. The zero-order valence-corrected chi connectivity index (χ0v) is 7.81. The SMILES string of the molecule is Cc1noc(Br)c1C1(N)CC1. The van der Waals surface area contributed by atoms with Gasteiger partial charge in [0.15, 0.2) is 0 Å². The molecular weight excluding hydrogens is 208 g/mol. The lowest BCUT2D eigenvalue weighted by atomic mass is 10.1. The first-order valence-corrected chi connectivity index (χ1v) is 4.34. The van der Waals surface area contributed by atoms with Gasteiger partial charge in [-0.05, 0) is 35.7 Å². The highest BCUT2D eigenvalue weighted by atomic mass is 79.9. The van der Waals surface area contributed by atoms with Crippen LogP contribution in [0.4, 0.5) is 0 Å². The maximum atomic E-state index is 5.98. The number of nitrogens with two attached hydrogens (primary N) is 1. The summed E-state index contributed by atoms with van der Waals surface area (Å²) < 4.78 is 5.64. The van der Waals surface area contributed by atoms with Gasteiger partial charge in [0.25, 0.3) is 0 Å². The lowest BCUT2D eigenvalue weighted by Gasteiger charge is -2.04. The Morgan fingerprint density at radius 1 is 1.64 bits per heavy atom. The summed E-state index contributed by atoms with van der Waals surface area (Å²) in [6.45, 7) is 1.91. The maximum Gasteiger partial charge on any atom is 0.207 e. The van der Waals surface area contributed by atoms with E-state index < -0.39 is 0 Å². The normalized spacial score (nSPS) is 20.3. The zero-order valence-electron chi connectivity index (χ0n) is 6.22. The molecule has 0 amide bonds. The van der Waals surface area contributed by atoms with Crippen molar-refractivity contribution in [3.05, 3.63) is 15.9 Å². The molecule has 4 heteroatoms. The minimum atomic E-state index is -0.150. The van der Waals surface area contributed by atoms with Crippen LogP contribution in [-0.4, -0.2) is 5.16 Å². The predicted molar refractivity (Wildman–Crippen MR) is 44.0 cm³/mol. The lowest BCUT2D eigenvalue weighted by molar-refractivity contribution is 0.394. The molecule has 0 unspecified atom stereocenters. The van der Waals surface area contributed by atoms with Crippen LogP contribution in [0.3, 0.4) is 0 Å². The van der Waals surface area contributed by atoms with Gasteiger partial charge in [-0.15, -0.1) is 0 Å². The van der Waals surface area contributed by atoms with Crippen LogP contribution < -0.4 is 5.73 Å². The minimum Gasteiger partial charge on any atom is -0.349 e. The van der Waals surface area contributed by atoms with E-state index in [2.05, 4.69) is 21.1 Å². The molecule has 1 saturated carbocycles. The highest BCUT2D eigenvalue weighted by molar-refractivity contribution is 9.10. The average molecular weight is 217 g/mol. The average Bonchev–Trinajstić information content (AvgIpc) is 2.56. The van der Waals surface area contributed by atoms with Crippen LogP contribution in [0.1, 0.15) is 24.1 Å². The molecule has 0 saturated heterocycles. The Balaban J connectivity index is 2.50. The Morgan fingerprint density at radius 3 is 2.64 bits per heavy atom. The van der Waals surface area contributed by atoms with Crippen LogP contribution in [0, 0.1) is 6.92 Å². The van der Waals surface area contributed by atoms with Gasteiger partial charge in [-0.2, -0.15) is 0 Å². The predicted octanol–water partition coefficient (Wildman–Crippen LogP) is 1.69. The molecule has 1 heterocycles. The number of halogens is 1. The molecule has 60 valence electrons. The van der Waals surface area contributed by atoms with Crippen molar-refractivity contribution in [3.63, 3.8) is 0 Å². The van der Waals surface area contributed by atoms with E-state index >= 15 is 0 Å². The molecule has 1 aliphatic rings. The topological polar surface area (TPSA) is 52.0 Å². The maximum absolute atomic E-state index is 5.98. The van der Waals surface area contributed by atoms with Gasteiger partial charge >= 0.3 is 0 Å². The van der Waals surface area contributed by atoms with Gasteiger partial charge in [0.1, 0.15) is 0 Å². The summed E-state index contributed by atoms with van der Waals surface area (Å²) in [5.74, 6) is 0. The van der Waals surface area contributed by atoms with Gasteiger partial charge in [-0.1, -0.05) is 5.16 Å². The van der Waals surface area contributed by atoms with Crippen LogP contribution in [0.25, 0.3) is 0 Å². The molecule has 2 rings (SSSR count). The van der Waals surface area contributed by atoms with Gasteiger partial charge in [0.2, 0.25) is 4.67 Å². The molecule has 0 bridgehead atoms. The zero-order chi connectivity index (χ0) is 8.06. The Bertz CT molecular complexity index is 271. The third kappa shape index (κ3) is 1.01. The number of hydrogen-bond donors (Lipinski definition) is 1. The van der Waals surface area contributed by atoms with E-state index in [0.29, 0.717) is 4.67 Å². The highest BCUT2D eigenvalue weighted by Crippen LogP contribution is 2.46. The molecule has 0 aromatic carbocycles. The molecule has 1 aliphatic carbocycles. The second-order valence-electron chi connectivity index (χ2n) is 3.07. The third-order valence-corrected chi connectivity index (χ3v) is 2.65. The minimum absolute atomic E-state index is 0.150. The number of rotatable bonds is 1. The second-order valence-corrected chi connectivity index (χ2v) is 3.79. The molecule has 0 aliphatic heterocycles. The molecule has 1 aromatic heterocycles. The van der Waals surface area contributed by atoms with Crippen molar-refractivity contribution in [1.82, 2.24) is 5.16 Å². The fourth-order valence-corrected chi connectivity index (χ4v) is 2.04. The summed E-state index contributed by atoms with van der Waals surface area (Å²) in [7, 11) is 0. The van der Waals surface area contributed by atoms with E-state index in [1.54, 1.807) is 0 Å². The number of aromatic nitrogens is 1. The summed E-state index contributed by atoms with van der Waals surface area (Å²) in [5.41, 5.74) is 7.77. The van der Waals surface area contributed by atoms with Gasteiger partial charge in [0, 0.05) is 11.1 Å². The summed E-state index contributed by atoms with van der Waals surface area (Å²) in [4.78, 5) is 0. The molecule has 2 N–H and O–H groups in total. The summed E-state index contributed by atoms with van der Waals surface area (Å²) >= 11 is 3.28. The Hall–Kier alpha value is -0.350. The van der Waals surface area contributed by atoms with Crippen molar-refractivity contribution < 1.29 is 4.52 Å². The molecule has 1 aromatic rings. The monoisotopic (exact) mass is 216 g/mol. The number of nitrogens with zero attached hydrogens (tertiary/aromatic N) is 1. The van der Waals surface area contributed by atoms with Gasteiger partial charge in [-0.25, -0.2) is 0 Å². The molecule has 0 atom stereocenters. The Labute approximate surface area is 73.1 Å². The van der Waals surface area contributed by atoms with Crippen LogP contribution in [0.15, 0.2) is 9.19 Å². The van der Waals surface area contributed by atoms with Crippen LogP contribution >= 0.6 is 15.9 Å². The third-order valence-electron chi connectivity index (χ3n) is 2.11. The number of hydrogen-bond acceptors (Lipinski definition) is 3. The summed E-state index contributed by atoms with van der Waals surface area (Å²) in [6.07, 6.45) is 2.07.